The van der Waals surface area contributed by atoms with E-state index in [2.05, 4.69) is 0 Å². The zero-order valence-electron chi connectivity index (χ0n) is 8.98. The van der Waals surface area contributed by atoms with Gasteiger partial charge in [0.2, 0.25) is 5.91 Å². The summed E-state index contributed by atoms with van der Waals surface area (Å²) in [7, 11) is 0. The molecule has 0 saturated carbocycles. The Morgan fingerprint density at radius 1 is 1.60 bits per heavy atom. The van der Waals surface area contributed by atoms with E-state index in [1.54, 1.807) is 11.8 Å². The molecule has 3 N–H and O–H groups in total. The van der Waals surface area contributed by atoms with Crippen molar-refractivity contribution in [2.75, 3.05) is 13.1 Å². The van der Waals surface area contributed by atoms with Crippen LogP contribution in [-0.4, -0.2) is 41.0 Å². The second kappa shape index (κ2) is 5.11. The van der Waals surface area contributed by atoms with Crippen molar-refractivity contribution < 1.29 is 14.7 Å². The summed E-state index contributed by atoms with van der Waals surface area (Å²) in [5.41, 5.74) is 5.53. The van der Waals surface area contributed by atoms with Crippen LogP contribution in [0.1, 0.15) is 26.2 Å². The molecule has 0 aromatic rings. The first-order valence-electron chi connectivity index (χ1n) is 5.27. The van der Waals surface area contributed by atoms with Crippen molar-refractivity contribution in [3.8, 4) is 0 Å². The number of hydrogen-bond acceptors (Lipinski definition) is 3. The normalized spacial score (nSPS) is 23.6. The van der Waals surface area contributed by atoms with E-state index in [1.165, 1.54) is 0 Å². The third kappa shape index (κ3) is 3.51. The average molecular weight is 214 g/mol. The van der Waals surface area contributed by atoms with Crippen molar-refractivity contribution >= 4 is 11.9 Å². The molecule has 15 heavy (non-hydrogen) atoms. The van der Waals surface area contributed by atoms with E-state index in [0.717, 1.165) is 6.42 Å². The number of nitrogens with zero attached hydrogens (tertiary/aromatic N) is 1. The zero-order valence-corrected chi connectivity index (χ0v) is 8.98. The Balaban J connectivity index is 2.48. The van der Waals surface area contributed by atoms with Crippen LogP contribution in [0.5, 0.6) is 0 Å². The van der Waals surface area contributed by atoms with Gasteiger partial charge in [-0.25, -0.2) is 0 Å². The fourth-order valence-electron chi connectivity index (χ4n) is 1.81. The minimum Gasteiger partial charge on any atom is -0.481 e. The predicted octanol–water partition coefficient (Wildman–Crippen LogP) is 0.0469. The number of rotatable bonds is 3. The summed E-state index contributed by atoms with van der Waals surface area (Å²) in [6.07, 6.45) is 1.73. The van der Waals surface area contributed by atoms with Gasteiger partial charge in [-0.2, -0.15) is 0 Å². The molecule has 0 aromatic heterocycles. The minimum atomic E-state index is -0.812. The Hall–Kier alpha value is -1.10. The number of piperidine rings is 1. The fourth-order valence-corrected chi connectivity index (χ4v) is 1.81. The highest BCUT2D eigenvalue weighted by Gasteiger charge is 2.28. The Bertz CT molecular complexity index is 253. The Morgan fingerprint density at radius 2 is 2.27 bits per heavy atom. The van der Waals surface area contributed by atoms with E-state index >= 15 is 0 Å². The maximum Gasteiger partial charge on any atom is 0.308 e. The van der Waals surface area contributed by atoms with Crippen LogP contribution in [0.4, 0.5) is 0 Å². The van der Waals surface area contributed by atoms with E-state index in [4.69, 9.17) is 10.8 Å². The lowest BCUT2D eigenvalue weighted by Crippen LogP contribution is -2.43. The van der Waals surface area contributed by atoms with Crippen LogP contribution in [0.25, 0.3) is 0 Å². The summed E-state index contributed by atoms with van der Waals surface area (Å²) in [5, 5.41) is 8.86. The molecule has 1 rings (SSSR count). The molecule has 0 spiro atoms. The van der Waals surface area contributed by atoms with E-state index in [9.17, 15) is 9.59 Å². The number of carboxylic acid groups (broad SMARTS) is 1. The van der Waals surface area contributed by atoms with Crippen molar-refractivity contribution in [2.45, 2.75) is 32.2 Å². The molecule has 0 aromatic carbocycles. The molecule has 2 unspecified atom stereocenters. The van der Waals surface area contributed by atoms with E-state index in [0.29, 0.717) is 25.9 Å². The smallest absolute Gasteiger partial charge is 0.308 e. The third-order valence-electron chi connectivity index (χ3n) is 2.62. The number of carbonyl (C=O) groups is 2. The van der Waals surface area contributed by atoms with Crippen LogP contribution in [0, 0.1) is 5.92 Å². The van der Waals surface area contributed by atoms with Gasteiger partial charge in [0.05, 0.1) is 5.92 Å². The number of likely N-dealkylation sites (tertiary alicyclic amines) is 1. The van der Waals surface area contributed by atoms with Gasteiger partial charge in [0.15, 0.2) is 0 Å². The van der Waals surface area contributed by atoms with E-state index < -0.39 is 11.9 Å². The summed E-state index contributed by atoms with van der Waals surface area (Å²) >= 11 is 0. The predicted molar refractivity (Wildman–Crippen MR) is 55.2 cm³/mol. The van der Waals surface area contributed by atoms with Crippen LogP contribution >= 0.6 is 0 Å². The monoisotopic (exact) mass is 214 g/mol. The molecule has 1 fully saturated rings. The Morgan fingerprint density at radius 3 is 2.80 bits per heavy atom. The maximum absolute atomic E-state index is 11.6. The van der Waals surface area contributed by atoms with Crippen molar-refractivity contribution in [3.05, 3.63) is 0 Å². The molecule has 5 nitrogen and oxygen atoms in total. The van der Waals surface area contributed by atoms with Crippen molar-refractivity contribution in [2.24, 2.45) is 11.7 Å². The van der Waals surface area contributed by atoms with E-state index in [-0.39, 0.29) is 11.9 Å². The summed E-state index contributed by atoms with van der Waals surface area (Å²) in [5.74, 6) is -1.25. The summed E-state index contributed by atoms with van der Waals surface area (Å²) in [4.78, 5) is 24.0. The molecule has 0 aliphatic carbocycles. The molecule has 1 heterocycles. The second-order valence-corrected chi connectivity index (χ2v) is 4.20. The second-order valence-electron chi connectivity index (χ2n) is 4.20. The van der Waals surface area contributed by atoms with E-state index in [1.807, 2.05) is 0 Å². The largest absolute Gasteiger partial charge is 0.481 e. The lowest BCUT2D eigenvalue weighted by molar-refractivity contribution is -0.145. The van der Waals surface area contributed by atoms with Crippen molar-refractivity contribution in [1.29, 1.82) is 0 Å². The summed E-state index contributed by atoms with van der Waals surface area (Å²) < 4.78 is 0. The highest BCUT2D eigenvalue weighted by molar-refractivity contribution is 5.78. The van der Waals surface area contributed by atoms with Gasteiger partial charge >= 0.3 is 5.97 Å². The van der Waals surface area contributed by atoms with Gasteiger partial charge in [-0.3, -0.25) is 9.59 Å². The first-order chi connectivity index (χ1) is 7.00. The molecule has 0 bridgehead atoms. The number of amides is 1. The molecule has 2 atom stereocenters. The van der Waals surface area contributed by atoms with Crippen LogP contribution in [-0.2, 0) is 9.59 Å². The molecule has 1 saturated heterocycles. The fraction of sp³-hybridized carbons (Fsp3) is 0.800. The number of hydrogen-bond donors (Lipinski definition) is 2. The van der Waals surface area contributed by atoms with Crippen LogP contribution in [0.15, 0.2) is 0 Å². The highest BCUT2D eigenvalue weighted by atomic mass is 16.4. The molecular weight excluding hydrogens is 196 g/mol. The zero-order chi connectivity index (χ0) is 11.4. The lowest BCUT2D eigenvalue weighted by atomic mass is 9.98. The summed E-state index contributed by atoms with van der Waals surface area (Å²) in [6.45, 7) is 2.77. The molecule has 86 valence electrons. The first kappa shape index (κ1) is 12.0. The molecule has 5 heteroatoms. The molecule has 1 aliphatic rings. The van der Waals surface area contributed by atoms with Crippen LogP contribution in [0.2, 0.25) is 0 Å². The first-order valence-corrected chi connectivity index (χ1v) is 5.27. The van der Waals surface area contributed by atoms with Gasteiger partial charge in [-0.1, -0.05) is 0 Å². The number of carbonyl (C=O) groups excluding carboxylic acids is 1. The minimum absolute atomic E-state index is 0.0315. The SMILES string of the molecule is CC(N)CC(=O)N1CCCC(C(=O)O)C1. The Labute approximate surface area is 89.2 Å². The van der Waals surface area contributed by atoms with Gasteiger partial charge in [0.1, 0.15) is 0 Å². The molecule has 1 amide bonds. The van der Waals surface area contributed by atoms with Crippen molar-refractivity contribution in [1.82, 2.24) is 4.90 Å². The topological polar surface area (TPSA) is 83.6 Å². The molecule has 0 radical (unpaired) electrons. The molecular formula is C10H18N2O3. The highest BCUT2D eigenvalue weighted by Crippen LogP contribution is 2.17. The maximum atomic E-state index is 11.6. The lowest BCUT2D eigenvalue weighted by Gasteiger charge is -2.31. The average Bonchev–Trinajstić information content (AvgIpc) is 2.17. The van der Waals surface area contributed by atoms with Crippen molar-refractivity contribution in [3.63, 3.8) is 0 Å². The number of aliphatic carboxylic acids is 1. The Kier molecular flexibility index (Phi) is 4.08. The molecule has 1 aliphatic heterocycles. The summed E-state index contributed by atoms with van der Waals surface area (Å²) in [6, 6.07) is -0.164. The number of nitrogens with two attached hydrogens (primary N) is 1. The van der Waals surface area contributed by atoms with Gasteiger partial charge < -0.3 is 15.7 Å². The standard InChI is InChI=1S/C10H18N2O3/c1-7(11)5-9(13)12-4-2-3-8(6-12)10(14)15/h7-8H,2-6,11H2,1H3,(H,14,15). The van der Waals surface area contributed by atoms with Gasteiger partial charge in [0.25, 0.3) is 0 Å². The van der Waals surface area contributed by atoms with Gasteiger partial charge in [0, 0.05) is 25.6 Å². The quantitative estimate of drug-likeness (QED) is 0.695. The van der Waals surface area contributed by atoms with Crippen LogP contribution in [0.3, 0.4) is 0 Å². The third-order valence-corrected chi connectivity index (χ3v) is 2.62. The van der Waals surface area contributed by atoms with Gasteiger partial charge in [-0.05, 0) is 19.8 Å². The van der Waals surface area contributed by atoms with Gasteiger partial charge in [-0.15, -0.1) is 0 Å². The van der Waals surface area contributed by atoms with Crippen LogP contribution < -0.4 is 5.73 Å². The number of carboxylic acids is 1.